The zero-order chi connectivity index (χ0) is 24.4. The van der Waals surface area contributed by atoms with E-state index in [1.54, 1.807) is 11.5 Å². The summed E-state index contributed by atoms with van der Waals surface area (Å²) < 4.78 is 6.38. The number of rotatable bonds is 8. The molecule has 4 heterocycles. The minimum atomic E-state index is -1.29. The van der Waals surface area contributed by atoms with Gasteiger partial charge in [0.15, 0.2) is 27.5 Å². The van der Waals surface area contributed by atoms with Crippen LogP contribution in [0.3, 0.4) is 0 Å². The molecule has 4 rings (SSSR count). The summed E-state index contributed by atoms with van der Waals surface area (Å²) >= 11 is 3.77. The first-order valence-corrected chi connectivity index (χ1v) is 12.1. The van der Waals surface area contributed by atoms with Crippen molar-refractivity contribution in [3.63, 3.8) is 0 Å². The maximum atomic E-state index is 12.8. The van der Waals surface area contributed by atoms with Gasteiger partial charge in [-0.3, -0.25) is 14.5 Å². The first-order valence-electron chi connectivity index (χ1n) is 9.48. The summed E-state index contributed by atoms with van der Waals surface area (Å²) in [5.74, 6) is -2.67. The molecule has 0 radical (unpaired) electrons. The third kappa shape index (κ3) is 4.65. The van der Waals surface area contributed by atoms with Gasteiger partial charge in [-0.1, -0.05) is 28.3 Å². The molecule has 13 nitrogen and oxygen atoms in total. The summed E-state index contributed by atoms with van der Waals surface area (Å²) in [6, 6.07) is -1.11. The zero-order valence-electron chi connectivity index (χ0n) is 17.6. The second-order valence-electron chi connectivity index (χ2n) is 6.74. The lowest BCUT2D eigenvalue weighted by Gasteiger charge is -2.49. The molecule has 1 saturated heterocycles. The summed E-state index contributed by atoms with van der Waals surface area (Å²) in [5, 5.41) is 28.0. The number of carbonyl (C=O) groups excluding carboxylic acids is 2. The highest BCUT2D eigenvalue weighted by atomic mass is 32.2. The third-order valence-corrected chi connectivity index (χ3v) is 7.00. The molecule has 2 aromatic rings. The number of hydrogen-bond acceptors (Lipinski definition) is 13. The van der Waals surface area contributed by atoms with Gasteiger partial charge >= 0.3 is 5.97 Å². The molecule has 4 N–H and O–H groups in total. The van der Waals surface area contributed by atoms with Crippen molar-refractivity contribution in [2.75, 3.05) is 19.5 Å². The van der Waals surface area contributed by atoms with Gasteiger partial charge < -0.3 is 25.7 Å². The van der Waals surface area contributed by atoms with E-state index in [0.717, 1.165) is 21.2 Å². The van der Waals surface area contributed by atoms with Crippen LogP contribution in [0.1, 0.15) is 10.7 Å². The fourth-order valence-corrected chi connectivity index (χ4v) is 5.29. The molecule has 2 atom stereocenters. The van der Waals surface area contributed by atoms with Gasteiger partial charge in [0.05, 0.1) is 6.61 Å². The molecule has 178 valence electrons. The molecule has 2 unspecified atom stereocenters. The van der Waals surface area contributed by atoms with Gasteiger partial charge in [-0.05, 0) is 18.4 Å². The number of nitrogens with zero attached hydrogens (tertiary/aromatic N) is 5. The number of anilines is 1. The van der Waals surface area contributed by atoms with Crippen molar-refractivity contribution in [3.8, 4) is 0 Å². The maximum Gasteiger partial charge on any atom is 0.353 e. The SMILES string of the molecule is CO/N=C(\C(=O)NC1C(=O)N2C(C(=O)O)=C(/C=C/Sc3nnc(C)s3)COC12)c1csc(N)n1. The number of nitrogen functional groups attached to an aromatic ring is 1. The zero-order valence-corrected chi connectivity index (χ0v) is 20.1. The van der Waals surface area contributed by atoms with Gasteiger partial charge in [-0.2, -0.15) is 0 Å². The van der Waals surface area contributed by atoms with Crippen LogP contribution in [0.15, 0.2) is 37.6 Å². The molecule has 0 aliphatic carbocycles. The maximum absolute atomic E-state index is 12.8. The number of fused-ring (bicyclic) bond motifs is 1. The topological polar surface area (TPSA) is 182 Å². The molecule has 0 bridgehead atoms. The molecule has 2 aromatic heterocycles. The molecule has 2 amide bonds. The fourth-order valence-electron chi connectivity index (χ4n) is 3.17. The first kappa shape index (κ1) is 23.8. The number of carbonyl (C=O) groups is 3. The van der Waals surface area contributed by atoms with Crippen molar-refractivity contribution in [1.82, 2.24) is 25.4 Å². The number of amides is 2. The molecular weight excluding hydrogens is 506 g/mol. The van der Waals surface area contributed by atoms with E-state index in [1.807, 2.05) is 6.92 Å². The van der Waals surface area contributed by atoms with Crippen molar-refractivity contribution in [2.45, 2.75) is 23.5 Å². The number of aromatic nitrogens is 3. The van der Waals surface area contributed by atoms with E-state index < -0.39 is 30.1 Å². The number of carboxylic acids is 1. The Balaban J connectivity index is 1.49. The van der Waals surface area contributed by atoms with Crippen molar-refractivity contribution in [3.05, 3.63) is 38.8 Å². The van der Waals surface area contributed by atoms with E-state index in [9.17, 15) is 19.5 Å². The lowest BCUT2D eigenvalue weighted by molar-refractivity contribution is -0.184. The normalized spacial score (nSPS) is 20.4. The minimum Gasteiger partial charge on any atom is -0.477 e. The van der Waals surface area contributed by atoms with Crippen molar-refractivity contribution in [1.29, 1.82) is 0 Å². The lowest BCUT2D eigenvalue weighted by Crippen LogP contribution is -2.73. The summed E-state index contributed by atoms with van der Waals surface area (Å²) in [6.07, 6.45) is 0.568. The summed E-state index contributed by atoms with van der Waals surface area (Å²) in [6.45, 7) is 1.75. The minimum absolute atomic E-state index is 0.0731. The number of thiazole rings is 1. The number of nitrogens with one attached hydrogen (secondary N) is 1. The van der Waals surface area contributed by atoms with Crippen LogP contribution in [0.5, 0.6) is 0 Å². The Hall–Kier alpha value is -3.34. The van der Waals surface area contributed by atoms with Crippen LogP contribution in [0.25, 0.3) is 0 Å². The first-order chi connectivity index (χ1) is 16.3. The Labute approximate surface area is 204 Å². The standard InChI is InChI=1S/C18H17N7O6S3/c1-7-22-23-18(34-7)32-4-3-8-5-31-15-11(14(27)25(15)12(8)16(28)29)21-13(26)10(24-30-2)9-6-33-17(19)20-9/h3-4,6,11,15H,5H2,1-2H3,(H2,19,20)(H,21,26)(H,28,29)/b4-3+,24-10-. The second kappa shape index (κ2) is 9.88. The Bertz CT molecular complexity index is 1240. The number of aryl methyl sites for hydroxylation is 1. The number of carboxylic acid groups (broad SMARTS) is 1. The smallest absolute Gasteiger partial charge is 0.353 e. The Kier molecular flexibility index (Phi) is 6.92. The molecule has 0 saturated carbocycles. The fraction of sp³-hybridized carbons (Fsp3) is 0.278. The van der Waals surface area contributed by atoms with Crippen LogP contribution in [0.4, 0.5) is 5.13 Å². The lowest BCUT2D eigenvalue weighted by atomic mass is 9.98. The molecule has 0 aromatic carbocycles. The highest BCUT2D eigenvalue weighted by Crippen LogP contribution is 2.34. The van der Waals surface area contributed by atoms with Crippen molar-refractivity contribution >= 4 is 63.1 Å². The van der Waals surface area contributed by atoms with Gasteiger partial charge in [-0.25, -0.2) is 9.78 Å². The Morgan fingerprint density at radius 1 is 1.47 bits per heavy atom. The van der Waals surface area contributed by atoms with E-state index >= 15 is 0 Å². The summed E-state index contributed by atoms with van der Waals surface area (Å²) in [4.78, 5) is 47.2. The van der Waals surface area contributed by atoms with Crippen LogP contribution < -0.4 is 11.1 Å². The van der Waals surface area contributed by atoms with Crippen LogP contribution in [0.2, 0.25) is 0 Å². The number of oxime groups is 1. The average Bonchev–Trinajstić information content (AvgIpc) is 3.42. The molecular formula is C18H17N7O6S3. The number of β-lactam (4-membered cyclic amide) rings is 1. The third-order valence-electron chi connectivity index (χ3n) is 4.59. The van der Waals surface area contributed by atoms with Crippen LogP contribution in [-0.4, -0.2) is 74.7 Å². The number of aliphatic carboxylic acids is 1. The van der Waals surface area contributed by atoms with Gasteiger partial charge in [0.25, 0.3) is 11.8 Å². The molecule has 0 spiro atoms. The average molecular weight is 524 g/mol. The number of ether oxygens (including phenoxy) is 1. The van der Waals surface area contributed by atoms with E-state index in [-0.39, 0.29) is 28.8 Å². The molecule has 34 heavy (non-hydrogen) atoms. The second-order valence-corrected chi connectivity index (χ2v) is 9.97. The summed E-state index contributed by atoms with van der Waals surface area (Å²) in [5.41, 5.74) is 5.70. The molecule has 2 aliphatic rings. The number of hydrogen-bond donors (Lipinski definition) is 3. The van der Waals surface area contributed by atoms with Gasteiger partial charge in [0, 0.05) is 11.0 Å². The number of thioether (sulfide) groups is 1. The van der Waals surface area contributed by atoms with Crippen LogP contribution >= 0.6 is 34.4 Å². The molecule has 2 aliphatic heterocycles. The van der Waals surface area contributed by atoms with E-state index in [2.05, 4.69) is 25.7 Å². The number of nitrogens with two attached hydrogens (primary N) is 1. The summed E-state index contributed by atoms with van der Waals surface area (Å²) in [7, 11) is 1.26. The Morgan fingerprint density at radius 2 is 2.26 bits per heavy atom. The van der Waals surface area contributed by atoms with E-state index in [0.29, 0.717) is 9.91 Å². The van der Waals surface area contributed by atoms with Crippen LogP contribution in [-0.2, 0) is 24.0 Å². The highest BCUT2D eigenvalue weighted by molar-refractivity contribution is 8.03. The largest absolute Gasteiger partial charge is 0.477 e. The highest BCUT2D eigenvalue weighted by Gasteiger charge is 2.55. The monoisotopic (exact) mass is 523 g/mol. The van der Waals surface area contributed by atoms with Gasteiger partial charge in [-0.15, -0.1) is 21.5 Å². The predicted octanol–water partition coefficient (Wildman–Crippen LogP) is 0.564. The van der Waals surface area contributed by atoms with Gasteiger partial charge in [0.2, 0.25) is 0 Å². The van der Waals surface area contributed by atoms with E-state index in [1.165, 1.54) is 35.6 Å². The predicted molar refractivity (Wildman–Crippen MR) is 123 cm³/mol. The van der Waals surface area contributed by atoms with E-state index in [4.69, 9.17) is 15.3 Å². The van der Waals surface area contributed by atoms with Crippen molar-refractivity contribution in [2.24, 2.45) is 5.16 Å². The van der Waals surface area contributed by atoms with Crippen molar-refractivity contribution < 1.29 is 29.1 Å². The molecule has 1 fully saturated rings. The van der Waals surface area contributed by atoms with Crippen LogP contribution in [0, 0.1) is 6.92 Å². The Morgan fingerprint density at radius 3 is 2.88 bits per heavy atom. The molecule has 16 heteroatoms. The quantitative estimate of drug-likeness (QED) is 0.190. The van der Waals surface area contributed by atoms with Gasteiger partial charge in [0.1, 0.15) is 23.5 Å².